The van der Waals surface area contributed by atoms with Gasteiger partial charge in [0.25, 0.3) is 0 Å². The quantitative estimate of drug-likeness (QED) is 0.914. The minimum absolute atomic E-state index is 0.0466. The second-order valence-corrected chi connectivity index (χ2v) is 6.38. The molecule has 1 unspecified atom stereocenters. The molecular formula is C19H22N2O. The zero-order chi connectivity index (χ0) is 15.6. The molecule has 0 aromatic heterocycles. The fourth-order valence-corrected chi connectivity index (χ4v) is 3.02. The molecule has 1 amide bonds. The topological polar surface area (TPSA) is 41.1 Å². The van der Waals surface area contributed by atoms with Crippen LogP contribution >= 0.6 is 0 Å². The van der Waals surface area contributed by atoms with E-state index in [1.165, 1.54) is 11.1 Å². The number of carbonyl (C=O) groups is 1. The lowest BCUT2D eigenvalue weighted by Crippen LogP contribution is -2.65. The average molecular weight is 294 g/mol. The lowest BCUT2D eigenvalue weighted by molar-refractivity contribution is -0.129. The zero-order valence-electron chi connectivity index (χ0n) is 13.0. The van der Waals surface area contributed by atoms with Gasteiger partial charge in [-0.3, -0.25) is 4.79 Å². The van der Waals surface area contributed by atoms with Gasteiger partial charge in [-0.2, -0.15) is 0 Å². The molecule has 0 spiro atoms. The minimum atomic E-state index is -0.506. The first-order valence-electron chi connectivity index (χ1n) is 7.74. The van der Waals surface area contributed by atoms with Gasteiger partial charge in [-0.1, -0.05) is 60.7 Å². The number of rotatable bonds is 3. The van der Waals surface area contributed by atoms with Crippen molar-refractivity contribution >= 4 is 5.91 Å². The molecule has 0 aliphatic carbocycles. The molecule has 1 heterocycles. The molecule has 114 valence electrons. The Balaban J connectivity index is 1.95. The molecule has 1 aliphatic heterocycles. The molecule has 2 aromatic carbocycles. The molecule has 3 heteroatoms. The number of piperazine rings is 1. The van der Waals surface area contributed by atoms with Crippen molar-refractivity contribution < 1.29 is 4.79 Å². The van der Waals surface area contributed by atoms with Crippen LogP contribution in [-0.2, 0) is 4.79 Å². The highest BCUT2D eigenvalue weighted by Gasteiger charge is 2.37. The predicted octanol–water partition coefficient (Wildman–Crippen LogP) is 2.69. The van der Waals surface area contributed by atoms with Crippen molar-refractivity contribution in [1.29, 1.82) is 0 Å². The van der Waals surface area contributed by atoms with E-state index in [1.807, 2.05) is 50.2 Å². The maximum atomic E-state index is 12.3. The lowest BCUT2D eigenvalue weighted by atomic mass is 9.83. The number of hydrogen-bond donors (Lipinski definition) is 2. The van der Waals surface area contributed by atoms with Crippen molar-refractivity contribution in [2.45, 2.75) is 31.3 Å². The smallest absolute Gasteiger partial charge is 0.240 e. The molecule has 22 heavy (non-hydrogen) atoms. The first kappa shape index (κ1) is 14.8. The van der Waals surface area contributed by atoms with Crippen molar-refractivity contribution in [1.82, 2.24) is 10.6 Å². The normalized spacial score (nSPS) is 20.7. The summed E-state index contributed by atoms with van der Waals surface area (Å²) in [6.45, 7) is 4.59. The molecule has 0 saturated carbocycles. The fourth-order valence-electron chi connectivity index (χ4n) is 3.02. The molecule has 2 N–H and O–H groups in total. The Labute approximate surface area is 131 Å². The molecule has 0 bridgehead atoms. The SMILES string of the molecule is CC1(C)NCC(C(c2ccccc2)c2ccccc2)NC1=O. The largest absolute Gasteiger partial charge is 0.350 e. The van der Waals surface area contributed by atoms with Gasteiger partial charge in [-0.05, 0) is 25.0 Å². The lowest BCUT2D eigenvalue weighted by Gasteiger charge is -2.39. The Kier molecular flexibility index (Phi) is 3.99. The van der Waals surface area contributed by atoms with Gasteiger partial charge in [-0.25, -0.2) is 0 Å². The summed E-state index contributed by atoms with van der Waals surface area (Å²) in [5.41, 5.74) is 1.94. The van der Waals surface area contributed by atoms with Crippen LogP contribution in [0.3, 0.4) is 0 Å². The van der Waals surface area contributed by atoms with Crippen LogP contribution in [0.4, 0.5) is 0 Å². The summed E-state index contributed by atoms with van der Waals surface area (Å²) in [5, 5.41) is 6.57. The van der Waals surface area contributed by atoms with Crippen LogP contribution in [0.25, 0.3) is 0 Å². The first-order valence-corrected chi connectivity index (χ1v) is 7.74. The summed E-state index contributed by atoms with van der Waals surface area (Å²) >= 11 is 0. The average Bonchev–Trinajstić information content (AvgIpc) is 2.53. The van der Waals surface area contributed by atoms with Crippen molar-refractivity contribution in [3.63, 3.8) is 0 Å². The van der Waals surface area contributed by atoms with E-state index in [0.29, 0.717) is 0 Å². The van der Waals surface area contributed by atoms with E-state index >= 15 is 0 Å². The zero-order valence-corrected chi connectivity index (χ0v) is 13.0. The Morgan fingerprint density at radius 1 is 0.955 bits per heavy atom. The van der Waals surface area contributed by atoms with Gasteiger partial charge in [0.2, 0.25) is 5.91 Å². The Morgan fingerprint density at radius 3 is 1.91 bits per heavy atom. The summed E-state index contributed by atoms with van der Waals surface area (Å²) in [7, 11) is 0. The van der Waals surface area contributed by atoms with Crippen LogP contribution in [0.2, 0.25) is 0 Å². The molecule has 3 rings (SSSR count). The third-order valence-corrected chi connectivity index (χ3v) is 4.37. The summed E-state index contributed by atoms with van der Waals surface area (Å²) in [6.07, 6.45) is 0. The van der Waals surface area contributed by atoms with Gasteiger partial charge >= 0.3 is 0 Å². The van der Waals surface area contributed by atoms with Gasteiger partial charge in [-0.15, -0.1) is 0 Å². The van der Waals surface area contributed by atoms with Crippen molar-refractivity contribution in [2.24, 2.45) is 0 Å². The molecule has 2 aromatic rings. The van der Waals surface area contributed by atoms with Crippen LogP contribution in [-0.4, -0.2) is 24.0 Å². The molecule has 1 fully saturated rings. The molecule has 3 nitrogen and oxygen atoms in total. The minimum Gasteiger partial charge on any atom is -0.350 e. The maximum Gasteiger partial charge on any atom is 0.240 e. The van der Waals surface area contributed by atoms with Gasteiger partial charge in [0, 0.05) is 12.5 Å². The monoisotopic (exact) mass is 294 g/mol. The predicted molar refractivity (Wildman–Crippen MR) is 88.7 cm³/mol. The van der Waals surface area contributed by atoms with E-state index in [4.69, 9.17) is 0 Å². The third-order valence-electron chi connectivity index (χ3n) is 4.37. The molecule has 1 saturated heterocycles. The second kappa shape index (κ2) is 5.93. The van der Waals surface area contributed by atoms with Crippen LogP contribution in [0.1, 0.15) is 30.9 Å². The summed E-state index contributed by atoms with van der Waals surface area (Å²) < 4.78 is 0. The standard InChI is InChI=1S/C19H22N2O/c1-19(2)18(22)21-16(13-20-19)17(14-9-5-3-6-10-14)15-11-7-4-8-12-15/h3-12,16-17,20H,13H2,1-2H3,(H,21,22). The van der Waals surface area contributed by atoms with Crippen molar-refractivity contribution in [3.8, 4) is 0 Å². The van der Waals surface area contributed by atoms with Crippen LogP contribution in [0.5, 0.6) is 0 Å². The molecule has 1 atom stereocenters. The molecule has 0 radical (unpaired) electrons. The Bertz CT molecular complexity index is 597. The number of hydrogen-bond acceptors (Lipinski definition) is 2. The van der Waals surface area contributed by atoms with Crippen LogP contribution in [0.15, 0.2) is 60.7 Å². The van der Waals surface area contributed by atoms with Gasteiger partial charge in [0.15, 0.2) is 0 Å². The fraction of sp³-hybridized carbons (Fsp3) is 0.316. The highest BCUT2D eigenvalue weighted by Crippen LogP contribution is 2.29. The summed E-state index contributed by atoms with van der Waals surface area (Å²) in [4.78, 5) is 12.3. The van der Waals surface area contributed by atoms with E-state index in [1.54, 1.807) is 0 Å². The first-order chi connectivity index (χ1) is 10.6. The van der Waals surface area contributed by atoms with E-state index in [9.17, 15) is 4.79 Å². The van der Waals surface area contributed by atoms with Crippen LogP contribution in [0, 0.1) is 0 Å². The third kappa shape index (κ3) is 2.90. The number of carbonyl (C=O) groups excluding carboxylic acids is 1. The van der Waals surface area contributed by atoms with E-state index in [2.05, 4.69) is 34.9 Å². The highest BCUT2D eigenvalue weighted by molar-refractivity contribution is 5.86. The van der Waals surface area contributed by atoms with E-state index < -0.39 is 5.54 Å². The Morgan fingerprint density at radius 2 is 1.45 bits per heavy atom. The Hall–Kier alpha value is -2.13. The maximum absolute atomic E-state index is 12.3. The summed E-state index contributed by atoms with van der Waals surface area (Å²) in [6, 6.07) is 20.8. The summed E-state index contributed by atoms with van der Waals surface area (Å²) in [5.74, 6) is 0.204. The van der Waals surface area contributed by atoms with Crippen molar-refractivity contribution in [2.75, 3.05) is 6.54 Å². The molecular weight excluding hydrogens is 272 g/mol. The number of nitrogens with one attached hydrogen (secondary N) is 2. The number of benzene rings is 2. The van der Waals surface area contributed by atoms with Gasteiger partial charge in [0.1, 0.15) is 0 Å². The van der Waals surface area contributed by atoms with Gasteiger partial charge < -0.3 is 10.6 Å². The molecule has 1 aliphatic rings. The number of amides is 1. The van der Waals surface area contributed by atoms with Gasteiger partial charge in [0.05, 0.1) is 11.6 Å². The van der Waals surface area contributed by atoms with E-state index in [-0.39, 0.29) is 17.9 Å². The highest BCUT2D eigenvalue weighted by atomic mass is 16.2. The van der Waals surface area contributed by atoms with Crippen LogP contribution < -0.4 is 10.6 Å². The second-order valence-electron chi connectivity index (χ2n) is 6.38. The van der Waals surface area contributed by atoms with Crippen molar-refractivity contribution in [3.05, 3.63) is 71.8 Å². The van der Waals surface area contributed by atoms with E-state index in [0.717, 1.165) is 6.54 Å².